The molecule has 0 saturated heterocycles. The first kappa shape index (κ1) is 12.0. The number of hydrogen-bond acceptors (Lipinski definition) is 3. The highest BCUT2D eigenvalue weighted by atomic mass is 19.1. The van der Waals surface area contributed by atoms with Crippen LogP contribution in [0.15, 0.2) is 36.5 Å². The normalized spacial score (nSPS) is 10.1. The number of anilines is 2. The fourth-order valence-electron chi connectivity index (χ4n) is 1.38. The van der Waals surface area contributed by atoms with Gasteiger partial charge in [0.2, 0.25) is 0 Å². The molecule has 2 aromatic rings. The van der Waals surface area contributed by atoms with Gasteiger partial charge in [-0.1, -0.05) is 0 Å². The molecule has 0 fully saturated rings. The Morgan fingerprint density at radius 1 is 1.22 bits per heavy atom. The van der Waals surface area contributed by atoms with Gasteiger partial charge in [0.1, 0.15) is 17.5 Å². The molecule has 2 rings (SSSR count). The molecule has 0 spiro atoms. The molecule has 0 saturated carbocycles. The summed E-state index contributed by atoms with van der Waals surface area (Å²) in [5.74, 6) is -1.77. The van der Waals surface area contributed by atoms with Gasteiger partial charge in [0.25, 0.3) is 5.91 Å². The Hall–Kier alpha value is -2.50. The van der Waals surface area contributed by atoms with E-state index < -0.39 is 17.5 Å². The summed E-state index contributed by atoms with van der Waals surface area (Å²) in [6, 6.07) is 5.56. The number of hydrogen-bond donors (Lipinski definition) is 2. The maximum Gasteiger partial charge on any atom is 0.255 e. The Bertz CT molecular complexity index is 602. The highest BCUT2D eigenvalue weighted by Crippen LogP contribution is 2.16. The standard InChI is InChI=1S/C12H9F2N3O/c13-8-1-2-9(14)10(6-8)17-12(18)7-3-4-16-11(15)5-7/h1-6H,(H2,15,16)(H,17,18). The van der Waals surface area contributed by atoms with E-state index in [1.165, 1.54) is 18.3 Å². The van der Waals surface area contributed by atoms with Crippen molar-refractivity contribution in [2.45, 2.75) is 0 Å². The smallest absolute Gasteiger partial charge is 0.255 e. The predicted octanol–water partition coefficient (Wildman–Crippen LogP) is 2.19. The molecule has 1 aromatic heterocycles. The topological polar surface area (TPSA) is 68.0 Å². The van der Waals surface area contributed by atoms with Crippen LogP contribution >= 0.6 is 0 Å². The molecule has 0 aliphatic carbocycles. The lowest BCUT2D eigenvalue weighted by Crippen LogP contribution is -2.13. The highest BCUT2D eigenvalue weighted by Gasteiger charge is 2.10. The lowest BCUT2D eigenvalue weighted by Gasteiger charge is -2.06. The van der Waals surface area contributed by atoms with Crippen molar-refractivity contribution < 1.29 is 13.6 Å². The minimum absolute atomic E-state index is 0.169. The Morgan fingerprint density at radius 3 is 2.72 bits per heavy atom. The third-order valence-corrected chi connectivity index (χ3v) is 2.22. The number of carbonyl (C=O) groups is 1. The van der Waals surface area contributed by atoms with E-state index in [9.17, 15) is 13.6 Å². The van der Waals surface area contributed by atoms with E-state index in [1.807, 2.05) is 0 Å². The first-order valence-corrected chi connectivity index (χ1v) is 5.04. The third kappa shape index (κ3) is 2.60. The zero-order valence-electron chi connectivity index (χ0n) is 9.15. The highest BCUT2D eigenvalue weighted by molar-refractivity contribution is 6.04. The van der Waals surface area contributed by atoms with Gasteiger partial charge in [-0.15, -0.1) is 0 Å². The van der Waals surface area contributed by atoms with Crippen LogP contribution in [0.5, 0.6) is 0 Å². The fraction of sp³-hybridized carbons (Fsp3) is 0. The molecule has 0 bridgehead atoms. The Morgan fingerprint density at radius 2 is 2.00 bits per heavy atom. The van der Waals surface area contributed by atoms with Crippen molar-refractivity contribution in [1.29, 1.82) is 0 Å². The van der Waals surface area contributed by atoms with E-state index >= 15 is 0 Å². The number of nitrogen functional groups attached to an aromatic ring is 1. The van der Waals surface area contributed by atoms with E-state index in [0.29, 0.717) is 0 Å². The molecule has 0 unspecified atom stereocenters. The van der Waals surface area contributed by atoms with Gasteiger partial charge in [-0.2, -0.15) is 0 Å². The Balaban J connectivity index is 2.24. The predicted molar refractivity (Wildman–Crippen MR) is 63.0 cm³/mol. The summed E-state index contributed by atoms with van der Waals surface area (Å²) in [4.78, 5) is 15.5. The lowest BCUT2D eigenvalue weighted by atomic mass is 10.2. The number of halogens is 2. The van der Waals surface area contributed by atoms with Gasteiger partial charge in [-0.25, -0.2) is 13.8 Å². The van der Waals surface area contributed by atoms with Crippen LogP contribution in [0.25, 0.3) is 0 Å². The van der Waals surface area contributed by atoms with E-state index in [4.69, 9.17) is 5.73 Å². The van der Waals surface area contributed by atoms with Gasteiger partial charge in [-0.05, 0) is 24.3 Å². The second-order valence-corrected chi connectivity index (χ2v) is 3.55. The van der Waals surface area contributed by atoms with E-state index in [-0.39, 0.29) is 17.1 Å². The molecular weight excluding hydrogens is 240 g/mol. The van der Waals surface area contributed by atoms with Crippen LogP contribution in [0.2, 0.25) is 0 Å². The molecular formula is C12H9F2N3O. The number of nitrogens with two attached hydrogens (primary N) is 1. The second-order valence-electron chi connectivity index (χ2n) is 3.55. The van der Waals surface area contributed by atoms with Crippen LogP contribution in [0, 0.1) is 11.6 Å². The third-order valence-electron chi connectivity index (χ3n) is 2.22. The van der Waals surface area contributed by atoms with Crippen LogP contribution in [-0.4, -0.2) is 10.9 Å². The first-order chi connectivity index (χ1) is 8.56. The molecule has 3 N–H and O–H groups in total. The van der Waals surface area contributed by atoms with Crippen LogP contribution in [0.3, 0.4) is 0 Å². The van der Waals surface area contributed by atoms with Crippen molar-refractivity contribution in [3.63, 3.8) is 0 Å². The SMILES string of the molecule is Nc1cc(C(=O)Nc2cc(F)ccc2F)ccn1. The molecule has 0 aliphatic heterocycles. The van der Waals surface area contributed by atoms with Crippen LogP contribution in [-0.2, 0) is 0 Å². The van der Waals surface area contributed by atoms with E-state index in [2.05, 4.69) is 10.3 Å². The summed E-state index contributed by atoms with van der Waals surface area (Å²) in [6.45, 7) is 0. The first-order valence-electron chi connectivity index (χ1n) is 5.04. The molecule has 18 heavy (non-hydrogen) atoms. The average molecular weight is 249 g/mol. The molecule has 6 heteroatoms. The number of amides is 1. The largest absolute Gasteiger partial charge is 0.384 e. The van der Waals surface area contributed by atoms with Gasteiger partial charge >= 0.3 is 0 Å². The molecule has 0 atom stereocenters. The average Bonchev–Trinajstić information content (AvgIpc) is 2.34. The maximum atomic E-state index is 13.3. The number of rotatable bonds is 2. The van der Waals surface area contributed by atoms with Crippen molar-refractivity contribution in [2.24, 2.45) is 0 Å². The fourth-order valence-corrected chi connectivity index (χ4v) is 1.38. The van der Waals surface area contributed by atoms with Gasteiger partial charge in [0.15, 0.2) is 0 Å². The molecule has 0 radical (unpaired) electrons. The van der Waals surface area contributed by atoms with Crippen molar-refractivity contribution in [2.75, 3.05) is 11.1 Å². The molecule has 4 nitrogen and oxygen atoms in total. The number of aromatic nitrogens is 1. The molecule has 1 amide bonds. The summed E-state index contributed by atoms with van der Waals surface area (Å²) in [5, 5.41) is 2.26. The van der Waals surface area contributed by atoms with E-state index in [1.54, 1.807) is 0 Å². The zero-order chi connectivity index (χ0) is 13.1. The summed E-state index contributed by atoms with van der Waals surface area (Å²) >= 11 is 0. The van der Waals surface area contributed by atoms with Gasteiger partial charge in [0, 0.05) is 17.8 Å². The van der Waals surface area contributed by atoms with Crippen molar-refractivity contribution in [3.8, 4) is 0 Å². The maximum absolute atomic E-state index is 13.3. The van der Waals surface area contributed by atoms with Crippen LogP contribution < -0.4 is 11.1 Å². The van der Waals surface area contributed by atoms with Gasteiger partial charge in [0.05, 0.1) is 5.69 Å². The zero-order valence-corrected chi connectivity index (χ0v) is 9.15. The van der Waals surface area contributed by atoms with Crippen LogP contribution in [0.4, 0.5) is 20.3 Å². The van der Waals surface area contributed by atoms with E-state index in [0.717, 1.165) is 18.2 Å². The monoisotopic (exact) mass is 249 g/mol. The summed E-state index contributed by atoms with van der Waals surface area (Å²) < 4.78 is 26.2. The molecule has 92 valence electrons. The number of nitrogens with one attached hydrogen (secondary N) is 1. The quantitative estimate of drug-likeness (QED) is 0.857. The summed E-state index contributed by atoms with van der Waals surface area (Å²) in [7, 11) is 0. The van der Waals surface area contributed by atoms with Crippen molar-refractivity contribution >= 4 is 17.4 Å². The van der Waals surface area contributed by atoms with Crippen molar-refractivity contribution in [1.82, 2.24) is 4.98 Å². The van der Waals surface area contributed by atoms with Gasteiger partial charge in [-0.3, -0.25) is 4.79 Å². The van der Waals surface area contributed by atoms with Crippen LogP contribution in [0.1, 0.15) is 10.4 Å². The number of nitrogens with zero attached hydrogens (tertiary/aromatic N) is 1. The summed E-state index contributed by atoms with van der Waals surface area (Å²) in [6.07, 6.45) is 1.35. The number of pyridine rings is 1. The summed E-state index contributed by atoms with van der Waals surface area (Å²) in [5.41, 5.74) is 5.41. The van der Waals surface area contributed by atoms with Crippen molar-refractivity contribution in [3.05, 3.63) is 53.7 Å². The molecule has 1 heterocycles. The number of benzene rings is 1. The minimum atomic E-state index is -0.716. The second kappa shape index (κ2) is 4.79. The Labute approximate surface area is 101 Å². The van der Waals surface area contributed by atoms with Gasteiger partial charge < -0.3 is 11.1 Å². The molecule has 1 aromatic carbocycles. The Kier molecular flexibility index (Phi) is 3.18. The lowest BCUT2D eigenvalue weighted by molar-refractivity contribution is 0.102. The number of carbonyl (C=O) groups excluding carboxylic acids is 1. The molecule has 0 aliphatic rings. The minimum Gasteiger partial charge on any atom is -0.384 e.